The summed E-state index contributed by atoms with van der Waals surface area (Å²) in [6.45, 7) is 0. The zero-order valence-corrected chi connectivity index (χ0v) is 8.88. The monoisotopic (exact) mass is 274 g/mol. The van der Waals surface area contributed by atoms with Crippen LogP contribution < -0.4 is 0 Å². The fourth-order valence-corrected chi connectivity index (χ4v) is 0.590. The van der Waals surface area contributed by atoms with Crippen molar-refractivity contribution in [3.8, 4) is 0 Å². The molecular weight excluding hydrogens is 263 g/mol. The average molecular weight is 274 g/mol. The molecule has 0 atom stereocenters. The Morgan fingerprint density at radius 1 is 0.750 bits per heavy atom. The summed E-state index contributed by atoms with van der Waals surface area (Å²) in [6.07, 6.45) is 7.25. The molecule has 0 amide bonds. The zero-order valence-electron chi connectivity index (χ0n) is 6.55. The number of rotatable bonds is 0. The molecule has 3 heteroatoms. The van der Waals surface area contributed by atoms with E-state index in [-0.39, 0.29) is 24.0 Å². The van der Waals surface area contributed by atoms with Crippen LogP contribution in [0.25, 0.3) is 0 Å². The van der Waals surface area contributed by atoms with Crippen molar-refractivity contribution >= 4 is 24.0 Å². The van der Waals surface area contributed by atoms with E-state index in [1.54, 1.807) is 12.4 Å². The third-order valence-electron chi connectivity index (χ3n) is 1.06. The van der Waals surface area contributed by atoms with Gasteiger partial charge in [0.15, 0.2) is 0 Å². The highest BCUT2D eigenvalue weighted by atomic mass is 127. The third-order valence-corrected chi connectivity index (χ3v) is 1.06. The molecule has 0 fully saturated rings. The lowest BCUT2D eigenvalue weighted by atomic mass is 10.5. The van der Waals surface area contributed by atoms with Gasteiger partial charge in [-0.05, 0) is 24.3 Å². The molecule has 0 bridgehead atoms. The van der Waals surface area contributed by atoms with Crippen LogP contribution in [0.4, 0.5) is 0 Å². The lowest BCUT2D eigenvalue weighted by molar-refractivity contribution is 1.33. The highest BCUT2D eigenvalue weighted by molar-refractivity contribution is 14.0. The predicted molar refractivity (Wildman–Crippen MR) is 60.4 cm³/mol. The van der Waals surface area contributed by atoms with Crippen molar-refractivity contribution in [2.45, 2.75) is 0 Å². The molecule has 2 rings (SSSR count). The van der Waals surface area contributed by atoms with E-state index in [0.29, 0.717) is 0 Å². The molecule has 0 spiro atoms. The van der Waals surface area contributed by atoms with E-state index in [4.69, 9.17) is 0 Å². The molecule has 2 aromatic rings. The molecule has 0 saturated heterocycles. The molecule has 2 heterocycles. The van der Waals surface area contributed by atoms with Crippen molar-refractivity contribution in [1.82, 2.24) is 9.97 Å². The fraction of sp³-hybridized carbons (Fsp3) is 0. The second-order valence-electron chi connectivity index (χ2n) is 1.91. The first kappa shape index (κ1) is 11.2. The lowest BCUT2D eigenvalue weighted by Gasteiger charge is -1.70. The van der Waals surface area contributed by atoms with Crippen LogP contribution in [0.3, 0.4) is 0 Å². The molecular formula is C9H11IN2. The van der Waals surface area contributed by atoms with Crippen molar-refractivity contribution in [3.63, 3.8) is 0 Å². The Hall–Kier alpha value is -0.840. The molecule has 0 radical (unpaired) electrons. The van der Waals surface area contributed by atoms with E-state index in [1.165, 1.54) is 0 Å². The Balaban J connectivity index is 0.000000189. The van der Waals surface area contributed by atoms with Gasteiger partial charge in [-0.25, -0.2) is 0 Å². The van der Waals surface area contributed by atoms with Crippen LogP contribution in [0.15, 0.2) is 55.1 Å². The maximum absolute atomic E-state index is 3.78. The van der Waals surface area contributed by atoms with Crippen molar-refractivity contribution in [3.05, 3.63) is 55.1 Å². The summed E-state index contributed by atoms with van der Waals surface area (Å²) in [6, 6.07) is 9.60. The SMILES string of the molecule is I.c1cc[nH]c1.c1ccncc1. The summed E-state index contributed by atoms with van der Waals surface area (Å²) < 4.78 is 0. The predicted octanol–water partition coefficient (Wildman–Crippen LogP) is 2.71. The van der Waals surface area contributed by atoms with Gasteiger partial charge in [-0.1, -0.05) is 6.07 Å². The highest BCUT2D eigenvalue weighted by Gasteiger charge is 1.58. The van der Waals surface area contributed by atoms with E-state index in [2.05, 4.69) is 9.97 Å². The van der Waals surface area contributed by atoms with Gasteiger partial charge < -0.3 is 4.98 Å². The number of nitrogens with zero attached hydrogens (tertiary/aromatic N) is 1. The first-order valence-corrected chi connectivity index (χ1v) is 3.43. The Morgan fingerprint density at radius 3 is 1.50 bits per heavy atom. The average Bonchev–Trinajstić information content (AvgIpc) is 2.64. The minimum atomic E-state index is 0. The third kappa shape index (κ3) is 5.91. The van der Waals surface area contributed by atoms with Crippen LogP contribution >= 0.6 is 24.0 Å². The summed E-state index contributed by atoms with van der Waals surface area (Å²) in [7, 11) is 0. The minimum Gasteiger partial charge on any atom is -0.368 e. The molecule has 0 aliphatic rings. The molecule has 12 heavy (non-hydrogen) atoms. The van der Waals surface area contributed by atoms with E-state index >= 15 is 0 Å². The van der Waals surface area contributed by atoms with Gasteiger partial charge in [0.25, 0.3) is 0 Å². The molecule has 1 N–H and O–H groups in total. The summed E-state index contributed by atoms with van der Waals surface area (Å²) in [5.74, 6) is 0. The van der Waals surface area contributed by atoms with Gasteiger partial charge in [-0.15, -0.1) is 24.0 Å². The van der Waals surface area contributed by atoms with Crippen LogP contribution in [-0.4, -0.2) is 9.97 Å². The lowest BCUT2D eigenvalue weighted by Crippen LogP contribution is -1.58. The second kappa shape index (κ2) is 8.26. The first-order chi connectivity index (χ1) is 5.50. The largest absolute Gasteiger partial charge is 0.368 e. The van der Waals surface area contributed by atoms with E-state index in [0.717, 1.165) is 0 Å². The van der Waals surface area contributed by atoms with Gasteiger partial charge in [0.2, 0.25) is 0 Å². The number of hydrogen-bond acceptors (Lipinski definition) is 1. The normalized spacial score (nSPS) is 7.33. The van der Waals surface area contributed by atoms with Crippen LogP contribution in [0.1, 0.15) is 0 Å². The summed E-state index contributed by atoms with van der Waals surface area (Å²) in [4.78, 5) is 6.65. The Kier molecular flexibility index (Phi) is 7.68. The van der Waals surface area contributed by atoms with Crippen molar-refractivity contribution in [1.29, 1.82) is 0 Å². The van der Waals surface area contributed by atoms with Crippen LogP contribution in [0, 0.1) is 0 Å². The van der Waals surface area contributed by atoms with Gasteiger partial charge in [0.05, 0.1) is 0 Å². The Labute approximate surface area is 89.1 Å². The first-order valence-electron chi connectivity index (χ1n) is 3.43. The van der Waals surface area contributed by atoms with Crippen LogP contribution in [0.5, 0.6) is 0 Å². The van der Waals surface area contributed by atoms with Crippen molar-refractivity contribution in [2.24, 2.45) is 0 Å². The number of halogens is 1. The number of pyridine rings is 1. The van der Waals surface area contributed by atoms with E-state index in [9.17, 15) is 0 Å². The van der Waals surface area contributed by atoms with Gasteiger partial charge in [-0.3, -0.25) is 4.98 Å². The van der Waals surface area contributed by atoms with Gasteiger partial charge in [-0.2, -0.15) is 0 Å². The van der Waals surface area contributed by atoms with Gasteiger partial charge in [0, 0.05) is 24.8 Å². The second-order valence-corrected chi connectivity index (χ2v) is 1.91. The fourth-order valence-electron chi connectivity index (χ4n) is 0.590. The Bertz CT molecular complexity index is 198. The quantitative estimate of drug-likeness (QED) is 0.735. The number of hydrogen-bond donors (Lipinski definition) is 1. The van der Waals surface area contributed by atoms with Crippen molar-refractivity contribution in [2.75, 3.05) is 0 Å². The maximum Gasteiger partial charge on any atom is 0.0267 e. The number of aromatic amines is 1. The molecule has 0 aliphatic carbocycles. The molecule has 0 aliphatic heterocycles. The smallest absolute Gasteiger partial charge is 0.0267 e. The topological polar surface area (TPSA) is 28.7 Å². The van der Waals surface area contributed by atoms with Crippen LogP contribution in [-0.2, 0) is 0 Å². The van der Waals surface area contributed by atoms with Gasteiger partial charge >= 0.3 is 0 Å². The molecule has 2 nitrogen and oxygen atoms in total. The Morgan fingerprint density at radius 2 is 1.33 bits per heavy atom. The zero-order chi connectivity index (χ0) is 7.78. The highest BCUT2D eigenvalue weighted by Crippen LogP contribution is 1.73. The minimum absolute atomic E-state index is 0. The standard InChI is InChI=1S/C5H5N.C4H5N.HI/c1-2-4-6-5-3-1;1-2-4-5-3-1;/h1-5H;1-5H;1H. The number of nitrogens with one attached hydrogen (secondary N) is 1. The maximum atomic E-state index is 3.78. The summed E-state index contributed by atoms with van der Waals surface area (Å²) in [5.41, 5.74) is 0. The molecule has 64 valence electrons. The molecule has 2 aromatic heterocycles. The van der Waals surface area contributed by atoms with E-state index < -0.39 is 0 Å². The number of aromatic nitrogens is 2. The summed E-state index contributed by atoms with van der Waals surface area (Å²) >= 11 is 0. The van der Waals surface area contributed by atoms with Crippen molar-refractivity contribution < 1.29 is 0 Å². The molecule has 0 aromatic carbocycles. The molecule has 0 unspecified atom stereocenters. The van der Waals surface area contributed by atoms with Crippen LogP contribution in [0.2, 0.25) is 0 Å². The summed E-state index contributed by atoms with van der Waals surface area (Å²) in [5, 5.41) is 0. The van der Waals surface area contributed by atoms with E-state index in [1.807, 2.05) is 42.7 Å². The van der Waals surface area contributed by atoms with Gasteiger partial charge in [0.1, 0.15) is 0 Å². The molecule has 0 saturated carbocycles. The number of H-pyrrole nitrogens is 1.